The first-order valence-electron chi connectivity index (χ1n) is 23.5. The maximum atomic E-state index is 12.8. The van der Waals surface area contributed by atoms with Gasteiger partial charge in [0.25, 0.3) is 0 Å². The van der Waals surface area contributed by atoms with Crippen LogP contribution in [-0.4, -0.2) is 64.9 Å². The molecule has 4 aromatic rings. The predicted molar refractivity (Wildman–Crippen MR) is 273 cm³/mol. The summed E-state index contributed by atoms with van der Waals surface area (Å²) in [5.74, 6) is 11.3. The number of thiazole rings is 2. The number of ketones is 1. The third-order valence-corrected chi connectivity index (χ3v) is 11.3. The SMILES string of the molecule is CC(C)Cc1ncc(C#CC(=O)[C@@H](CCCOCc2ccccc2)CC(=O)OC(C)(C)C)s1.CO/N=C(\C#Cc1cnc(CC(C)C)s1)[C@@H](CCCOCc1ccccc1)CC(=O)OC(C)(C)C. The van der Waals surface area contributed by atoms with Gasteiger partial charge >= 0.3 is 11.9 Å². The summed E-state index contributed by atoms with van der Waals surface area (Å²) in [5, 5.41) is 6.25. The second-order valence-electron chi connectivity index (χ2n) is 19.3. The van der Waals surface area contributed by atoms with Gasteiger partial charge < -0.3 is 23.8 Å². The van der Waals surface area contributed by atoms with Crippen molar-refractivity contribution in [3.05, 3.63) is 104 Å². The van der Waals surface area contributed by atoms with Crippen molar-refractivity contribution in [1.29, 1.82) is 0 Å². The standard InChI is InChI=1S/C28H38N2O4S.C27H35NO4S/c1-21(2)17-26-29-19-24(35-26)14-15-25(30-32-6)23(18-27(31)34-28(3,4)5)13-10-16-33-20-22-11-8-7-9-12-22;1-20(2)16-25-28-18-23(33-25)13-14-24(29)22(17-26(30)32-27(3,4)5)12-9-15-31-19-21-10-7-6-8-11-21/h7-9,11-12,19,21,23H,10,13,16-18,20H2,1-6H3;6-8,10-11,18,20,22H,9,12,15-17,19H2,1-5H3/b30-25+;/t23-;22-/m00/s1. The van der Waals surface area contributed by atoms with Crippen molar-refractivity contribution >= 4 is 46.1 Å². The van der Waals surface area contributed by atoms with Crippen LogP contribution in [0.3, 0.4) is 0 Å². The number of benzene rings is 2. The normalized spacial score (nSPS) is 12.5. The van der Waals surface area contributed by atoms with Gasteiger partial charge in [0, 0.05) is 37.9 Å². The summed E-state index contributed by atoms with van der Waals surface area (Å²) in [6.45, 7) is 21.8. The second kappa shape index (κ2) is 30.3. The molecule has 0 aliphatic heterocycles. The molecular weight excluding hydrogens is 895 g/mol. The van der Waals surface area contributed by atoms with E-state index in [9.17, 15) is 14.4 Å². The van der Waals surface area contributed by atoms with Crippen molar-refractivity contribution < 1.29 is 38.2 Å². The van der Waals surface area contributed by atoms with Crippen LogP contribution >= 0.6 is 22.7 Å². The summed E-state index contributed by atoms with van der Waals surface area (Å²) in [7, 11) is 1.49. The molecule has 0 aliphatic carbocycles. The van der Waals surface area contributed by atoms with Gasteiger partial charge in [-0.1, -0.05) is 93.5 Å². The molecule has 0 bridgehead atoms. The van der Waals surface area contributed by atoms with Crippen molar-refractivity contribution in [2.45, 2.75) is 145 Å². The number of nitrogens with zero attached hydrogens (tertiary/aromatic N) is 3. The third-order valence-electron chi connectivity index (χ3n) is 9.41. The van der Waals surface area contributed by atoms with Gasteiger partial charge in [-0.15, -0.1) is 22.7 Å². The minimum absolute atomic E-state index is 0.0186. The molecule has 11 nitrogen and oxygen atoms in total. The Hall–Kier alpha value is -5.18. The fourth-order valence-electron chi connectivity index (χ4n) is 6.49. The van der Waals surface area contributed by atoms with Gasteiger partial charge in [0.2, 0.25) is 5.78 Å². The van der Waals surface area contributed by atoms with Gasteiger partial charge in [0.15, 0.2) is 0 Å². The number of hydrogen-bond donors (Lipinski definition) is 0. The Morgan fingerprint density at radius 3 is 1.49 bits per heavy atom. The van der Waals surface area contributed by atoms with Crippen LogP contribution in [0.1, 0.15) is 139 Å². The van der Waals surface area contributed by atoms with Crippen LogP contribution in [0.25, 0.3) is 0 Å². The molecule has 2 heterocycles. The number of Topliss-reactive ketones (excluding diaryl/α,β-unsaturated/α-hetero) is 1. The van der Waals surface area contributed by atoms with Gasteiger partial charge in [0.05, 0.1) is 58.2 Å². The van der Waals surface area contributed by atoms with E-state index in [1.165, 1.54) is 18.4 Å². The number of oxime groups is 1. The smallest absolute Gasteiger partial charge is 0.307 e. The molecule has 13 heteroatoms. The van der Waals surface area contributed by atoms with Crippen LogP contribution in [0.5, 0.6) is 0 Å². The Kier molecular flexibility index (Phi) is 25.5. The highest BCUT2D eigenvalue weighted by Gasteiger charge is 2.26. The molecule has 2 aromatic carbocycles. The van der Waals surface area contributed by atoms with Crippen LogP contribution < -0.4 is 0 Å². The van der Waals surface area contributed by atoms with E-state index in [1.54, 1.807) is 23.7 Å². The molecule has 368 valence electrons. The summed E-state index contributed by atoms with van der Waals surface area (Å²) < 4.78 is 22.5. The summed E-state index contributed by atoms with van der Waals surface area (Å²) in [4.78, 5) is 53.4. The van der Waals surface area contributed by atoms with Gasteiger partial charge in [-0.25, -0.2) is 9.97 Å². The van der Waals surface area contributed by atoms with Crippen LogP contribution in [-0.2, 0) is 64.2 Å². The minimum Gasteiger partial charge on any atom is -0.460 e. The highest BCUT2D eigenvalue weighted by Crippen LogP contribution is 2.22. The molecule has 0 radical (unpaired) electrons. The Balaban J connectivity index is 0.000000361. The fourth-order valence-corrected chi connectivity index (χ4v) is 8.46. The van der Waals surface area contributed by atoms with E-state index in [0.29, 0.717) is 63.2 Å². The molecule has 2 aromatic heterocycles. The van der Waals surface area contributed by atoms with E-state index in [1.807, 2.05) is 102 Å². The molecular formula is C55H73N3O8S2. The van der Waals surface area contributed by atoms with Crippen molar-refractivity contribution in [1.82, 2.24) is 9.97 Å². The first-order chi connectivity index (χ1) is 32.3. The molecule has 4 rings (SSSR count). The summed E-state index contributed by atoms with van der Waals surface area (Å²) in [6.07, 6.45) is 8.12. The number of carbonyl (C=O) groups is 3. The largest absolute Gasteiger partial charge is 0.460 e. The molecule has 0 aliphatic rings. The zero-order chi connectivity index (χ0) is 50.0. The molecule has 0 fully saturated rings. The number of hydrogen-bond acceptors (Lipinski definition) is 13. The van der Waals surface area contributed by atoms with E-state index in [-0.39, 0.29) is 36.5 Å². The first kappa shape index (κ1) is 57.1. The van der Waals surface area contributed by atoms with Gasteiger partial charge in [0.1, 0.15) is 24.0 Å². The van der Waals surface area contributed by atoms with E-state index in [4.69, 9.17) is 23.8 Å². The topological polar surface area (TPSA) is 136 Å². The van der Waals surface area contributed by atoms with Crippen molar-refractivity contribution in [3.8, 4) is 23.7 Å². The first-order valence-corrected chi connectivity index (χ1v) is 25.2. The number of rotatable bonds is 23. The Morgan fingerprint density at radius 1 is 0.632 bits per heavy atom. The molecule has 0 N–H and O–H groups in total. The lowest BCUT2D eigenvalue weighted by atomic mass is 9.94. The number of ether oxygens (including phenoxy) is 4. The van der Waals surface area contributed by atoms with Gasteiger partial charge in [-0.05, 0) is 114 Å². The lowest BCUT2D eigenvalue weighted by molar-refractivity contribution is -0.157. The molecule has 0 saturated heterocycles. The van der Waals surface area contributed by atoms with Crippen molar-refractivity contribution in [2.24, 2.45) is 28.8 Å². The highest BCUT2D eigenvalue weighted by molar-refractivity contribution is 7.12. The molecule has 0 amide bonds. The zero-order valence-corrected chi connectivity index (χ0v) is 43.8. The van der Waals surface area contributed by atoms with Crippen molar-refractivity contribution in [2.75, 3.05) is 20.3 Å². The maximum absolute atomic E-state index is 12.8. The average Bonchev–Trinajstić information content (AvgIpc) is 3.91. The number of esters is 2. The van der Waals surface area contributed by atoms with E-state index in [2.05, 4.69) is 66.5 Å². The fraction of sp³-hybridized carbons (Fsp3) is 0.527. The minimum atomic E-state index is -0.593. The van der Waals surface area contributed by atoms with E-state index < -0.39 is 17.1 Å². The third kappa shape index (κ3) is 25.8. The molecule has 2 atom stereocenters. The van der Waals surface area contributed by atoms with Crippen molar-refractivity contribution in [3.63, 3.8) is 0 Å². The van der Waals surface area contributed by atoms with Crippen LogP contribution in [0.4, 0.5) is 0 Å². The van der Waals surface area contributed by atoms with Gasteiger partial charge in [-0.3, -0.25) is 14.4 Å². The zero-order valence-electron chi connectivity index (χ0n) is 42.1. The average molecular weight is 968 g/mol. The monoisotopic (exact) mass is 967 g/mol. The summed E-state index contributed by atoms with van der Waals surface area (Å²) in [6, 6.07) is 20.0. The number of carbonyl (C=O) groups excluding carboxylic acids is 3. The Labute approximate surface area is 414 Å². The Bertz CT molecular complexity index is 2270. The number of aromatic nitrogens is 2. The molecule has 0 saturated carbocycles. The van der Waals surface area contributed by atoms with E-state index >= 15 is 0 Å². The van der Waals surface area contributed by atoms with Gasteiger partial charge in [-0.2, -0.15) is 0 Å². The highest BCUT2D eigenvalue weighted by atomic mass is 32.1. The van der Waals surface area contributed by atoms with Crippen LogP contribution in [0.15, 0.2) is 78.2 Å². The maximum Gasteiger partial charge on any atom is 0.307 e. The van der Waals surface area contributed by atoms with E-state index in [0.717, 1.165) is 50.2 Å². The predicted octanol–water partition coefficient (Wildman–Crippen LogP) is 11.6. The quantitative estimate of drug-likeness (QED) is 0.0232. The Morgan fingerprint density at radius 2 is 1.06 bits per heavy atom. The second-order valence-corrected chi connectivity index (χ2v) is 21.5. The van der Waals surface area contributed by atoms with Crippen LogP contribution in [0, 0.1) is 47.4 Å². The van der Waals surface area contributed by atoms with Crippen LogP contribution in [0.2, 0.25) is 0 Å². The molecule has 0 unspecified atom stereocenters. The summed E-state index contributed by atoms with van der Waals surface area (Å²) in [5.41, 5.74) is 1.61. The molecule has 68 heavy (non-hydrogen) atoms. The lowest BCUT2D eigenvalue weighted by Crippen LogP contribution is -2.27. The summed E-state index contributed by atoms with van der Waals surface area (Å²) >= 11 is 3.10. The lowest BCUT2D eigenvalue weighted by Gasteiger charge is -2.22. The molecule has 0 spiro atoms.